The van der Waals surface area contributed by atoms with Crippen LogP contribution in [0.15, 0.2) is 54.6 Å². The van der Waals surface area contributed by atoms with Gasteiger partial charge in [0.25, 0.3) is 0 Å². The Bertz CT molecular complexity index is 1210. The topological polar surface area (TPSA) is 49.3 Å². The van der Waals surface area contributed by atoms with Gasteiger partial charge >= 0.3 is 0 Å². The van der Waals surface area contributed by atoms with Crippen molar-refractivity contribution in [1.29, 1.82) is 0 Å². The number of nitrogens with zero attached hydrogens (tertiary/aromatic N) is 4. The van der Waals surface area contributed by atoms with E-state index < -0.39 is 0 Å². The van der Waals surface area contributed by atoms with E-state index in [-0.39, 0.29) is 11.3 Å². The molecular weight excluding hydrogens is 456 g/mol. The van der Waals surface area contributed by atoms with Crippen molar-refractivity contribution in [1.82, 2.24) is 14.9 Å². The van der Waals surface area contributed by atoms with Crippen LogP contribution >= 0.6 is 0 Å². The van der Waals surface area contributed by atoms with Gasteiger partial charge in [-0.15, -0.1) is 0 Å². The van der Waals surface area contributed by atoms with E-state index in [4.69, 9.17) is 9.97 Å². The Morgan fingerprint density at radius 2 is 1.65 bits per heavy atom. The molecule has 3 aromatic rings. The van der Waals surface area contributed by atoms with Crippen LogP contribution in [0.5, 0.6) is 0 Å². The van der Waals surface area contributed by atoms with Crippen molar-refractivity contribution < 1.29 is 4.79 Å². The minimum absolute atomic E-state index is 0.243. The molecule has 0 aliphatic carbocycles. The first kappa shape index (κ1) is 26.8. The summed E-state index contributed by atoms with van der Waals surface area (Å²) < 4.78 is 0. The Kier molecular flexibility index (Phi) is 8.31. The number of piperazine rings is 1. The van der Waals surface area contributed by atoms with E-state index >= 15 is 0 Å². The average molecular weight is 499 g/mol. The number of rotatable bonds is 7. The number of carbonyl (C=O) groups is 1. The Labute approximate surface area is 222 Å². The third kappa shape index (κ3) is 7.18. The number of hydrogen-bond donors (Lipinski definition) is 0. The number of benzene rings is 2. The highest BCUT2D eigenvalue weighted by molar-refractivity contribution is 5.76. The second-order valence-corrected chi connectivity index (χ2v) is 11.9. The second kappa shape index (κ2) is 11.5. The fraction of sp³-hybridized carbons (Fsp3) is 0.469. The molecule has 0 saturated carbocycles. The first-order valence-electron chi connectivity index (χ1n) is 13.6. The molecule has 1 atom stereocenters. The van der Waals surface area contributed by atoms with Gasteiger partial charge in [-0.1, -0.05) is 87.9 Å². The van der Waals surface area contributed by atoms with E-state index in [9.17, 15) is 4.79 Å². The molecule has 0 spiro atoms. The standard InChI is InChI=1S/C32H42N4O/c1-23-11-10-12-26(19-23)21-28-25(3)33-30(27-13-8-7-9-14-27)34-31(28)36-17-15-35(16-18-36)29(37)20-24(2)22-32(4,5)6/h7-14,19,24H,15-18,20-22H2,1-6H3. The van der Waals surface area contributed by atoms with Crippen LogP contribution in [-0.2, 0) is 11.2 Å². The Balaban J connectivity index is 1.55. The zero-order chi connectivity index (χ0) is 26.6. The Hall–Kier alpha value is -3.21. The summed E-state index contributed by atoms with van der Waals surface area (Å²) in [6.45, 7) is 16.2. The maximum atomic E-state index is 13.1. The highest BCUT2D eigenvalue weighted by Crippen LogP contribution is 2.29. The molecule has 4 rings (SSSR count). The molecule has 2 heterocycles. The molecule has 37 heavy (non-hydrogen) atoms. The first-order valence-corrected chi connectivity index (χ1v) is 13.6. The largest absolute Gasteiger partial charge is 0.353 e. The molecule has 1 unspecified atom stereocenters. The monoisotopic (exact) mass is 498 g/mol. The van der Waals surface area contributed by atoms with Gasteiger partial charge in [0.2, 0.25) is 5.91 Å². The number of amides is 1. The van der Waals surface area contributed by atoms with Gasteiger partial charge < -0.3 is 9.80 Å². The van der Waals surface area contributed by atoms with Crippen molar-refractivity contribution in [3.63, 3.8) is 0 Å². The van der Waals surface area contributed by atoms with Gasteiger partial charge in [0, 0.05) is 55.8 Å². The summed E-state index contributed by atoms with van der Waals surface area (Å²) in [5, 5.41) is 0. The predicted molar refractivity (Wildman–Crippen MR) is 153 cm³/mol. The van der Waals surface area contributed by atoms with Crippen molar-refractivity contribution in [2.24, 2.45) is 11.3 Å². The molecule has 1 aliphatic rings. The van der Waals surface area contributed by atoms with E-state index in [1.54, 1.807) is 0 Å². The molecule has 1 saturated heterocycles. The molecular formula is C32H42N4O. The van der Waals surface area contributed by atoms with E-state index in [1.807, 2.05) is 23.1 Å². The minimum atomic E-state index is 0.243. The predicted octanol–water partition coefficient (Wildman–Crippen LogP) is 6.46. The molecule has 1 fully saturated rings. The molecule has 5 heteroatoms. The van der Waals surface area contributed by atoms with E-state index in [0.29, 0.717) is 12.3 Å². The molecule has 0 radical (unpaired) electrons. The van der Waals surface area contributed by atoms with Crippen LogP contribution in [0.25, 0.3) is 11.4 Å². The SMILES string of the molecule is Cc1cccc(Cc2c(C)nc(-c3ccccc3)nc2N2CCN(C(=O)CC(C)CC(C)(C)C)CC2)c1. The van der Waals surface area contributed by atoms with Crippen LogP contribution < -0.4 is 4.90 Å². The van der Waals surface area contributed by atoms with E-state index in [2.05, 4.69) is 82.8 Å². The van der Waals surface area contributed by atoms with Gasteiger partial charge in [-0.3, -0.25) is 4.79 Å². The summed E-state index contributed by atoms with van der Waals surface area (Å²) >= 11 is 0. The molecule has 0 N–H and O–H groups in total. The maximum Gasteiger partial charge on any atom is 0.222 e. The molecule has 2 aromatic carbocycles. The van der Waals surface area contributed by atoms with Crippen molar-refractivity contribution in [3.05, 3.63) is 77.0 Å². The Morgan fingerprint density at radius 3 is 2.30 bits per heavy atom. The van der Waals surface area contributed by atoms with Crippen molar-refractivity contribution in [2.75, 3.05) is 31.1 Å². The van der Waals surface area contributed by atoms with Crippen molar-refractivity contribution >= 4 is 11.7 Å². The molecule has 0 bridgehead atoms. The molecule has 5 nitrogen and oxygen atoms in total. The summed E-state index contributed by atoms with van der Waals surface area (Å²) in [6, 6.07) is 18.9. The second-order valence-electron chi connectivity index (χ2n) is 11.9. The van der Waals surface area contributed by atoms with Crippen LogP contribution in [0.3, 0.4) is 0 Å². The zero-order valence-corrected chi connectivity index (χ0v) is 23.4. The molecule has 196 valence electrons. The number of anilines is 1. The van der Waals surface area contributed by atoms with Crippen LogP contribution in [0.1, 0.15) is 62.9 Å². The smallest absolute Gasteiger partial charge is 0.222 e. The van der Waals surface area contributed by atoms with E-state index in [0.717, 1.165) is 61.9 Å². The van der Waals surface area contributed by atoms with Crippen LogP contribution in [0.2, 0.25) is 0 Å². The van der Waals surface area contributed by atoms with Crippen LogP contribution in [-0.4, -0.2) is 47.0 Å². The summed E-state index contributed by atoms with van der Waals surface area (Å²) in [7, 11) is 0. The van der Waals surface area contributed by atoms with Gasteiger partial charge in [0.1, 0.15) is 5.82 Å². The van der Waals surface area contributed by atoms with Gasteiger partial charge in [0.15, 0.2) is 5.82 Å². The fourth-order valence-corrected chi connectivity index (χ4v) is 5.50. The minimum Gasteiger partial charge on any atom is -0.353 e. The summed E-state index contributed by atoms with van der Waals surface area (Å²) in [5.41, 5.74) is 5.97. The third-order valence-corrected chi connectivity index (χ3v) is 7.10. The number of aryl methyl sites for hydroxylation is 2. The highest BCUT2D eigenvalue weighted by atomic mass is 16.2. The first-order chi connectivity index (χ1) is 17.6. The number of carbonyl (C=O) groups excluding carboxylic acids is 1. The molecule has 1 aliphatic heterocycles. The van der Waals surface area contributed by atoms with Gasteiger partial charge in [-0.05, 0) is 37.2 Å². The fourth-order valence-electron chi connectivity index (χ4n) is 5.50. The van der Waals surface area contributed by atoms with Crippen LogP contribution in [0, 0.1) is 25.2 Å². The maximum absolute atomic E-state index is 13.1. The van der Waals surface area contributed by atoms with Gasteiger partial charge in [0.05, 0.1) is 0 Å². The van der Waals surface area contributed by atoms with E-state index in [1.165, 1.54) is 16.7 Å². The lowest BCUT2D eigenvalue weighted by Gasteiger charge is -2.37. The lowest BCUT2D eigenvalue weighted by atomic mass is 9.84. The summed E-state index contributed by atoms with van der Waals surface area (Å²) in [6.07, 6.45) is 2.48. The molecule has 1 amide bonds. The highest BCUT2D eigenvalue weighted by Gasteiger charge is 2.27. The molecule has 1 aromatic heterocycles. The summed E-state index contributed by atoms with van der Waals surface area (Å²) in [4.78, 5) is 27.5. The lowest BCUT2D eigenvalue weighted by molar-refractivity contribution is -0.132. The van der Waals surface area contributed by atoms with Gasteiger partial charge in [-0.25, -0.2) is 9.97 Å². The Morgan fingerprint density at radius 1 is 0.946 bits per heavy atom. The number of hydrogen-bond acceptors (Lipinski definition) is 4. The zero-order valence-electron chi connectivity index (χ0n) is 23.4. The van der Waals surface area contributed by atoms with Crippen molar-refractivity contribution in [3.8, 4) is 11.4 Å². The quantitative estimate of drug-likeness (QED) is 0.375. The van der Waals surface area contributed by atoms with Gasteiger partial charge in [-0.2, -0.15) is 0 Å². The number of aromatic nitrogens is 2. The lowest BCUT2D eigenvalue weighted by Crippen LogP contribution is -2.49. The summed E-state index contributed by atoms with van der Waals surface area (Å²) in [5.74, 6) is 2.43. The normalized spacial score (nSPS) is 15.1. The third-order valence-electron chi connectivity index (χ3n) is 7.10. The van der Waals surface area contributed by atoms with Crippen LogP contribution in [0.4, 0.5) is 5.82 Å². The van der Waals surface area contributed by atoms with Crippen molar-refractivity contribution in [2.45, 2.75) is 60.8 Å². The average Bonchev–Trinajstić information content (AvgIpc) is 2.84.